The SMILES string of the molecule is CCn1cc[n+](C)c1.N#CC(C#N)S(=O)(=O)C(F)(F)F. The van der Waals surface area contributed by atoms with Crippen molar-refractivity contribution < 1.29 is 26.2 Å². The average molecular weight is 309 g/mol. The lowest BCUT2D eigenvalue weighted by Gasteiger charge is -2.06. The molecule has 1 aromatic heterocycles. The predicted octanol–water partition coefficient (Wildman–Crippen LogP) is 0.669. The van der Waals surface area contributed by atoms with E-state index in [9.17, 15) is 21.6 Å². The number of imidazole rings is 1. The molecule has 0 aromatic carbocycles. The fourth-order valence-electron chi connectivity index (χ4n) is 0.990. The van der Waals surface area contributed by atoms with Gasteiger partial charge in [0.2, 0.25) is 11.6 Å². The molecule has 0 atom stereocenters. The Morgan fingerprint density at radius 3 is 2.00 bits per heavy atom. The highest BCUT2D eigenvalue weighted by molar-refractivity contribution is 7.93. The van der Waals surface area contributed by atoms with Gasteiger partial charge >= 0.3 is 5.51 Å². The Bertz CT molecular complexity index is 608. The Morgan fingerprint density at radius 1 is 1.35 bits per heavy atom. The summed E-state index contributed by atoms with van der Waals surface area (Å²) in [5.74, 6) is 0. The van der Waals surface area contributed by atoms with E-state index in [-0.39, 0.29) is 0 Å². The van der Waals surface area contributed by atoms with E-state index < -0.39 is 20.6 Å². The van der Waals surface area contributed by atoms with Crippen LogP contribution in [0.5, 0.6) is 0 Å². The molecule has 6 nitrogen and oxygen atoms in total. The van der Waals surface area contributed by atoms with E-state index in [2.05, 4.69) is 24.0 Å². The molecule has 10 heteroatoms. The fourth-order valence-corrected chi connectivity index (χ4v) is 1.53. The summed E-state index contributed by atoms with van der Waals surface area (Å²) in [6, 6.07) is 1.46. The number of rotatable bonds is 2. The predicted molar refractivity (Wildman–Crippen MR) is 61.3 cm³/mol. The Hall–Kier alpha value is -2.07. The number of nitrogens with zero attached hydrogens (tertiary/aromatic N) is 4. The fraction of sp³-hybridized carbons (Fsp3) is 0.500. The second-order valence-electron chi connectivity index (χ2n) is 3.54. The molecule has 0 saturated heterocycles. The number of hydrogen-bond acceptors (Lipinski definition) is 4. The molecule has 0 aliphatic heterocycles. The van der Waals surface area contributed by atoms with Crippen LogP contribution in [0, 0.1) is 22.7 Å². The van der Waals surface area contributed by atoms with Gasteiger partial charge in [-0.15, -0.1) is 0 Å². The molecule has 0 amide bonds. The third-order valence-corrected chi connectivity index (χ3v) is 3.53. The van der Waals surface area contributed by atoms with E-state index in [4.69, 9.17) is 10.5 Å². The maximum atomic E-state index is 11.6. The second-order valence-corrected chi connectivity index (χ2v) is 5.56. The van der Waals surface area contributed by atoms with Gasteiger partial charge in [-0.25, -0.2) is 17.6 Å². The quantitative estimate of drug-likeness (QED) is 0.751. The summed E-state index contributed by atoms with van der Waals surface area (Å²) in [5.41, 5.74) is -5.55. The van der Waals surface area contributed by atoms with Crippen LogP contribution in [0.2, 0.25) is 0 Å². The van der Waals surface area contributed by atoms with Crippen molar-refractivity contribution in [1.82, 2.24) is 4.57 Å². The van der Waals surface area contributed by atoms with Gasteiger partial charge in [0, 0.05) is 0 Å². The van der Waals surface area contributed by atoms with Gasteiger partial charge in [-0.05, 0) is 6.92 Å². The summed E-state index contributed by atoms with van der Waals surface area (Å²) in [4.78, 5) is 0. The zero-order valence-corrected chi connectivity index (χ0v) is 11.5. The summed E-state index contributed by atoms with van der Waals surface area (Å²) in [7, 11) is -3.64. The first kappa shape index (κ1) is 17.9. The Kier molecular flexibility index (Phi) is 6.20. The summed E-state index contributed by atoms with van der Waals surface area (Å²) in [6.45, 7) is 3.18. The van der Waals surface area contributed by atoms with Crippen molar-refractivity contribution in [2.45, 2.75) is 24.2 Å². The monoisotopic (exact) mass is 309 g/mol. The number of sulfone groups is 1. The van der Waals surface area contributed by atoms with Crippen LogP contribution in [0.15, 0.2) is 18.7 Å². The number of aryl methyl sites for hydroxylation is 2. The zero-order valence-electron chi connectivity index (χ0n) is 10.7. The summed E-state index contributed by atoms with van der Waals surface area (Å²) < 4.78 is 59.3. The van der Waals surface area contributed by atoms with E-state index in [0.717, 1.165) is 18.7 Å². The molecule has 1 heterocycles. The van der Waals surface area contributed by atoms with E-state index in [1.165, 1.54) is 0 Å². The number of hydrogen-bond donors (Lipinski definition) is 0. The Morgan fingerprint density at radius 2 is 1.85 bits per heavy atom. The standard InChI is InChI=1S/C6H11N2.C4HF3N2O2S/c1-3-8-5-4-7(2)6-8;5-4(6,7)12(10,11)3(1-8)2-9/h4-6H,3H2,1-2H3;3H/q+1;. The first-order chi connectivity index (χ1) is 9.10. The van der Waals surface area contributed by atoms with Crippen LogP contribution in [0.25, 0.3) is 0 Å². The number of nitriles is 2. The highest BCUT2D eigenvalue weighted by atomic mass is 32.2. The van der Waals surface area contributed by atoms with Crippen LogP contribution in [0.1, 0.15) is 6.92 Å². The number of alkyl halides is 3. The van der Waals surface area contributed by atoms with Crippen molar-refractivity contribution >= 4 is 9.84 Å². The zero-order chi connectivity index (χ0) is 16.0. The molecule has 20 heavy (non-hydrogen) atoms. The van der Waals surface area contributed by atoms with E-state index in [1.807, 2.05) is 17.8 Å². The Labute approximate surface area is 114 Å². The highest BCUT2D eigenvalue weighted by Gasteiger charge is 2.51. The van der Waals surface area contributed by atoms with Crippen molar-refractivity contribution in [1.29, 1.82) is 10.5 Å². The van der Waals surface area contributed by atoms with Crippen LogP contribution >= 0.6 is 0 Å². The minimum Gasteiger partial charge on any atom is -0.240 e. The van der Waals surface area contributed by atoms with Crippen LogP contribution < -0.4 is 4.57 Å². The molecular formula is C10H12F3N4O2S+. The highest BCUT2D eigenvalue weighted by Crippen LogP contribution is 2.26. The van der Waals surface area contributed by atoms with Gasteiger partial charge in [0.15, 0.2) is 0 Å². The van der Waals surface area contributed by atoms with Crippen LogP contribution in [0.4, 0.5) is 13.2 Å². The number of aromatic nitrogens is 2. The van der Waals surface area contributed by atoms with Gasteiger partial charge < -0.3 is 0 Å². The van der Waals surface area contributed by atoms with Gasteiger partial charge in [-0.3, -0.25) is 0 Å². The summed E-state index contributed by atoms with van der Waals surface area (Å²) >= 11 is 0. The minimum absolute atomic E-state index is 0.729. The molecule has 0 aliphatic rings. The molecule has 1 aromatic rings. The molecule has 0 N–H and O–H groups in total. The Balaban J connectivity index is 0.000000388. The maximum absolute atomic E-state index is 11.6. The maximum Gasteiger partial charge on any atom is 0.499 e. The van der Waals surface area contributed by atoms with Crippen LogP contribution in [0.3, 0.4) is 0 Å². The van der Waals surface area contributed by atoms with Crippen molar-refractivity contribution in [3.8, 4) is 12.1 Å². The van der Waals surface area contributed by atoms with E-state index in [0.29, 0.717) is 0 Å². The first-order valence-corrected chi connectivity index (χ1v) is 6.75. The third kappa shape index (κ3) is 4.55. The van der Waals surface area contributed by atoms with Crippen molar-refractivity contribution in [3.63, 3.8) is 0 Å². The molecule has 0 unspecified atom stereocenters. The second kappa shape index (κ2) is 6.91. The summed E-state index contributed by atoms with van der Waals surface area (Å²) in [6.07, 6.45) is 6.14. The lowest BCUT2D eigenvalue weighted by atomic mass is 10.5. The molecule has 0 radical (unpaired) electrons. The molecule has 0 bridgehead atoms. The molecule has 0 aliphatic carbocycles. The minimum atomic E-state index is -5.66. The van der Waals surface area contributed by atoms with E-state index in [1.54, 1.807) is 0 Å². The molecule has 1 rings (SSSR count). The van der Waals surface area contributed by atoms with Crippen molar-refractivity contribution in [3.05, 3.63) is 18.7 Å². The lowest BCUT2D eigenvalue weighted by Crippen LogP contribution is -2.32. The van der Waals surface area contributed by atoms with Crippen molar-refractivity contribution in [2.75, 3.05) is 0 Å². The normalized spacial score (nSPS) is 11.2. The first-order valence-electron chi connectivity index (χ1n) is 5.20. The van der Waals surface area contributed by atoms with Gasteiger partial charge in [0.05, 0.1) is 25.7 Å². The lowest BCUT2D eigenvalue weighted by molar-refractivity contribution is -0.671. The third-order valence-electron chi connectivity index (χ3n) is 2.06. The topological polar surface area (TPSA) is 90.5 Å². The molecule has 0 spiro atoms. The number of halogens is 3. The summed E-state index contributed by atoms with van der Waals surface area (Å²) in [5, 5.41) is 13.1. The molecule has 110 valence electrons. The molecular weight excluding hydrogens is 297 g/mol. The largest absolute Gasteiger partial charge is 0.499 e. The van der Waals surface area contributed by atoms with Gasteiger partial charge in [-0.2, -0.15) is 23.7 Å². The van der Waals surface area contributed by atoms with E-state index >= 15 is 0 Å². The smallest absolute Gasteiger partial charge is 0.240 e. The van der Waals surface area contributed by atoms with Gasteiger partial charge in [0.25, 0.3) is 9.84 Å². The van der Waals surface area contributed by atoms with Crippen LogP contribution in [-0.4, -0.2) is 23.7 Å². The van der Waals surface area contributed by atoms with Crippen molar-refractivity contribution in [2.24, 2.45) is 7.05 Å². The van der Waals surface area contributed by atoms with Gasteiger partial charge in [-0.1, -0.05) is 0 Å². The average Bonchev–Trinajstić information content (AvgIpc) is 2.76. The molecule has 0 saturated carbocycles. The van der Waals surface area contributed by atoms with Crippen LogP contribution in [-0.2, 0) is 23.4 Å². The molecule has 0 fully saturated rings. The van der Waals surface area contributed by atoms with Gasteiger partial charge in [0.1, 0.15) is 12.4 Å².